The zero-order chi connectivity index (χ0) is 18.9. The van der Waals surface area contributed by atoms with E-state index < -0.39 is 47.8 Å². The number of esters is 1. The van der Waals surface area contributed by atoms with Gasteiger partial charge < -0.3 is 9.84 Å². The fourth-order valence-corrected chi connectivity index (χ4v) is 2.12. The van der Waals surface area contributed by atoms with Crippen molar-refractivity contribution in [1.29, 1.82) is 0 Å². The number of rotatable bonds is 6. The highest BCUT2D eigenvalue weighted by molar-refractivity contribution is 5.76. The molecule has 0 amide bonds. The summed E-state index contributed by atoms with van der Waals surface area (Å²) in [5.41, 5.74) is -9.60. The quantitative estimate of drug-likeness (QED) is 0.570. The molecule has 0 aliphatic rings. The lowest BCUT2D eigenvalue weighted by Gasteiger charge is -2.47. The number of carbonyl (C=O) groups is 1. The van der Waals surface area contributed by atoms with Crippen LogP contribution in [0, 0.1) is 5.41 Å². The van der Waals surface area contributed by atoms with Crippen LogP contribution in [0.15, 0.2) is 0 Å². The Balaban J connectivity index is 6.25. The van der Waals surface area contributed by atoms with Gasteiger partial charge in [0.1, 0.15) is 0 Å². The van der Waals surface area contributed by atoms with Crippen molar-refractivity contribution in [2.24, 2.45) is 5.41 Å². The van der Waals surface area contributed by atoms with Crippen molar-refractivity contribution in [3.8, 4) is 0 Å². The molecule has 23 heavy (non-hydrogen) atoms. The second-order valence-electron chi connectivity index (χ2n) is 6.03. The average molecular weight is 352 g/mol. The molecule has 0 rings (SSSR count). The molecule has 0 aromatic rings. The molecule has 0 aromatic carbocycles. The molecular weight excluding hydrogens is 330 g/mol. The highest BCUT2D eigenvalue weighted by atomic mass is 19.4. The van der Waals surface area contributed by atoms with E-state index in [9.17, 15) is 36.2 Å². The van der Waals surface area contributed by atoms with Crippen molar-refractivity contribution in [2.45, 2.75) is 77.4 Å². The van der Waals surface area contributed by atoms with Crippen LogP contribution in [-0.4, -0.2) is 34.6 Å². The standard InChI is InChI=1S/C14H22F6O3/c1-6-10(4,5)9(21)23-11(7-2,8-3)12(22,13(15,16)17)14(18,19)20/h22H,6-8H2,1-5H3. The van der Waals surface area contributed by atoms with Crippen LogP contribution < -0.4 is 0 Å². The molecule has 0 aliphatic carbocycles. The Morgan fingerprint density at radius 1 is 0.870 bits per heavy atom. The topological polar surface area (TPSA) is 46.5 Å². The van der Waals surface area contributed by atoms with Crippen LogP contribution in [-0.2, 0) is 9.53 Å². The number of ether oxygens (including phenoxy) is 1. The molecule has 0 radical (unpaired) electrons. The summed E-state index contributed by atoms with van der Waals surface area (Å²) in [4.78, 5) is 12.1. The summed E-state index contributed by atoms with van der Waals surface area (Å²) in [6.07, 6.45) is -13.7. The molecule has 0 aromatic heterocycles. The van der Waals surface area contributed by atoms with Gasteiger partial charge in [0.05, 0.1) is 5.41 Å². The SMILES string of the molecule is CCC(C)(C)C(=O)OC(CC)(CC)C(O)(C(F)(F)F)C(F)(F)F. The van der Waals surface area contributed by atoms with Crippen LogP contribution in [0.2, 0.25) is 0 Å². The van der Waals surface area contributed by atoms with Crippen molar-refractivity contribution in [3.63, 3.8) is 0 Å². The minimum Gasteiger partial charge on any atom is -0.455 e. The molecule has 1 N–H and O–H groups in total. The van der Waals surface area contributed by atoms with E-state index >= 15 is 0 Å². The van der Waals surface area contributed by atoms with Gasteiger partial charge in [0.25, 0.3) is 5.60 Å². The van der Waals surface area contributed by atoms with Crippen LogP contribution in [0.4, 0.5) is 26.3 Å². The summed E-state index contributed by atoms with van der Waals surface area (Å²) >= 11 is 0. The summed E-state index contributed by atoms with van der Waals surface area (Å²) in [5, 5.41) is 9.65. The van der Waals surface area contributed by atoms with Crippen molar-refractivity contribution in [3.05, 3.63) is 0 Å². The van der Waals surface area contributed by atoms with Gasteiger partial charge in [-0.3, -0.25) is 4.79 Å². The van der Waals surface area contributed by atoms with Gasteiger partial charge in [-0.05, 0) is 33.1 Å². The maximum absolute atomic E-state index is 13.1. The van der Waals surface area contributed by atoms with Crippen molar-refractivity contribution in [1.82, 2.24) is 0 Å². The minimum atomic E-state index is -6.06. The van der Waals surface area contributed by atoms with Gasteiger partial charge in [-0.25, -0.2) is 0 Å². The fraction of sp³-hybridized carbons (Fsp3) is 0.929. The van der Waals surface area contributed by atoms with E-state index in [1.807, 2.05) is 0 Å². The molecule has 9 heteroatoms. The highest BCUT2D eigenvalue weighted by Gasteiger charge is 2.80. The van der Waals surface area contributed by atoms with E-state index in [4.69, 9.17) is 0 Å². The minimum absolute atomic E-state index is 0.145. The van der Waals surface area contributed by atoms with Crippen LogP contribution in [0.5, 0.6) is 0 Å². The van der Waals surface area contributed by atoms with E-state index in [0.717, 1.165) is 13.8 Å². The van der Waals surface area contributed by atoms with Gasteiger partial charge in [-0.15, -0.1) is 0 Å². The summed E-state index contributed by atoms with van der Waals surface area (Å²) in [6, 6.07) is 0. The number of carbonyl (C=O) groups excluding carboxylic acids is 1. The Kier molecular flexibility index (Phi) is 6.21. The van der Waals surface area contributed by atoms with Gasteiger partial charge in [0, 0.05) is 0 Å². The summed E-state index contributed by atoms with van der Waals surface area (Å²) in [5.74, 6) is -1.23. The lowest BCUT2D eigenvalue weighted by molar-refractivity contribution is -0.414. The van der Waals surface area contributed by atoms with Crippen LogP contribution in [0.25, 0.3) is 0 Å². The van der Waals surface area contributed by atoms with Crippen LogP contribution in [0.1, 0.15) is 53.9 Å². The zero-order valence-corrected chi connectivity index (χ0v) is 13.7. The molecule has 3 nitrogen and oxygen atoms in total. The molecule has 0 saturated heterocycles. The van der Waals surface area contributed by atoms with E-state index in [1.165, 1.54) is 13.8 Å². The van der Waals surface area contributed by atoms with E-state index in [0.29, 0.717) is 0 Å². The predicted molar refractivity (Wildman–Crippen MR) is 70.5 cm³/mol. The molecule has 0 unspecified atom stereocenters. The smallest absolute Gasteiger partial charge is 0.430 e. The maximum atomic E-state index is 13.1. The first-order valence-electron chi connectivity index (χ1n) is 7.15. The summed E-state index contributed by atoms with van der Waals surface area (Å²) < 4.78 is 83.5. The molecule has 0 heterocycles. The molecule has 0 fully saturated rings. The third kappa shape index (κ3) is 3.59. The molecule has 0 saturated carbocycles. The van der Waals surface area contributed by atoms with Gasteiger partial charge >= 0.3 is 18.3 Å². The Morgan fingerprint density at radius 3 is 1.43 bits per heavy atom. The average Bonchev–Trinajstić information content (AvgIpc) is 2.41. The number of halogens is 6. The normalized spacial score (nSPS) is 14.8. The summed E-state index contributed by atoms with van der Waals surface area (Å²) in [6.45, 7) is 6.22. The molecule has 0 aliphatic heterocycles. The molecule has 138 valence electrons. The second-order valence-corrected chi connectivity index (χ2v) is 6.03. The molecule has 0 atom stereocenters. The number of aliphatic hydroxyl groups is 1. The van der Waals surface area contributed by atoms with Gasteiger partial charge in [-0.1, -0.05) is 20.8 Å². The third-order valence-electron chi connectivity index (χ3n) is 4.35. The Labute approximate surface area is 131 Å². The first-order chi connectivity index (χ1) is 10.1. The first-order valence-corrected chi connectivity index (χ1v) is 7.15. The predicted octanol–water partition coefficient (Wildman–Crippen LogP) is 4.38. The zero-order valence-electron chi connectivity index (χ0n) is 13.7. The second kappa shape index (κ2) is 6.49. The van der Waals surface area contributed by atoms with Gasteiger partial charge in [-0.2, -0.15) is 26.3 Å². The van der Waals surface area contributed by atoms with E-state index in [-0.39, 0.29) is 6.42 Å². The summed E-state index contributed by atoms with van der Waals surface area (Å²) in [7, 11) is 0. The lowest BCUT2D eigenvalue weighted by atomic mass is 9.76. The van der Waals surface area contributed by atoms with E-state index in [2.05, 4.69) is 4.74 Å². The Bertz CT molecular complexity index is 407. The monoisotopic (exact) mass is 352 g/mol. The molecule has 0 bridgehead atoms. The number of hydrogen-bond donors (Lipinski definition) is 1. The number of alkyl halides is 6. The van der Waals surface area contributed by atoms with Gasteiger partial charge in [0.2, 0.25) is 0 Å². The third-order valence-corrected chi connectivity index (χ3v) is 4.35. The largest absolute Gasteiger partial charge is 0.455 e. The van der Waals surface area contributed by atoms with Crippen molar-refractivity contribution in [2.75, 3.05) is 0 Å². The Hall–Kier alpha value is -0.990. The van der Waals surface area contributed by atoms with Crippen molar-refractivity contribution >= 4 is 5.97 Å². The van der Waals surface area contributed by atoms with Crippen LogP contribution in [0.3, 0.4) is 0 Å². The molecular formula is C14H22F6O3. The van der Waals surface area contributed by atoms with Gasteiger partial charge in [0.15, 0.2) is 5.60 Å². The Morgan fingerprint density at radius 2 is 1.22 bits per heavy atom. The molecule has 0 spiro atoms. The highest BCUT2D eigenvalue weighted by Crippen LogP contribution is 2.53. The fourth-order valence-electron chi connectivity index (χ4n) is 2.12. The van der Waals surface area contributed by atoms with E-state index in [1.54, 1.807) is 6.92 Å². The van der Waals surface area contributed by atoms with Crippen LogP contribution >= 0.6 is 0 Å². The first kappa shape index (κ1) is 22.0. The van der Waals surface area contributed by atoms with Crippen molar-refractivity contribution < 1.29 is 41.0 Å². The lowest BCUT2D eigenvalue weighted by Crippen LogP contribution is -2.72. The maximum Gasteiger partial charge on any atom is 0.430 e. The number of hydrogen-bond acceptors (Lipinski definition) is 3.